The number of aliphatic hydroxyl groups excluding tert-OH is 1. The summed E-state index contributed by atoms with van der Waals surface area (Å²) in [7, 11) is 0. The van der Waals surface area contributed by atoms with Gasteiger partial charge >= 0.3 is 6.03 Å². The highest BCUT2D eigenvalue weighted by Crippen LogP contribution is 2.00. The summed E-state index contributed by atoms with van der Waals surface area (Å²) in [5.41, 5.74) is 0.445. The summed E-state index contributed by atoms with van der Waals surface area (Å²) >= 11 is 0. The van der Waals surface area contributed by atoms with Gasteiger partial charge in [-0.05, 0) is 19.4 Å². The van der Waals surface area contributed by atoms with Gasteiger partial charge < -0.3 is 15.7 Å². The smallest absolute Gasteiger partial charge is 0.315 e. The predicted octanol–water partition coefficient (Wildman–Crippen LogP) is 1.26. The number of urea groups is 1. The average molecular weight is 222 g/mol. The Balaban J connectivity index is 2.36. The van der Waals surface area contributed by atoms with Crippen LogP contribution in [-0.2, 0) is 6.54 Å². The summed E-state index contributed by atoms with van der Waals surface area (Å²) in [6, 6.07) is 9.38. The molecule has 2 amide bonds. The minimum Gasteiger partial charge on any atom is -0.394 e. The minimum absolute atomic E-state index is 0.0915. The van der Waals surface area contributed by atoms with Gasteiger partial charge in [-0.2, -0.15) is 0 Å². The van der Waals surface area contributed by atoms with Crippen molar-refractivity contribution in [2.45, 2.75) is 25.9 Å². The number of amides is 2. The van der Waals surface area contributed by atoms with Gasteiger partial charge in [0.05, 0.1) is 12.1 Å². The van der Waals surface area contributed by atoms with Gasteiger partial charge in [0.1, 0.15) is 0 Å². The molecule has 0 radical (unpaired) electrons. The third kappa shape index (κ3) is 4.31. The van der Waals surface area contributed by atoms with Crippen molar-refractivity contribution in [1.29, 1.82) is 0 Å². The molecule has 0 atom stereocenters. The maximum absolute atomic E-state index is 11.5. The van der Waals surface area contributed by atoms with Crippen LogP contribution in [0.4, 0.5) is 4.79 Å². The van der Waals surface area contributed by atoms with Crippen molar-refractivity contribution >= 4 is 6.03 Å². The fourth-order valence-electron chi connectivity index (χ4n) is 1.17. The quantitative estimate of drug-likeness (QED) is 0.718. The summed E-state index contributed by atoms with van der Waals surface area (Å²) < 4.78 is 0. The van der Waals surface area contributed by atoms with Crippen LogP contribution in [0.5, 0.6) is 0 Å². The lowest BCUT2D eigenvalue weighted by molar-refractivity contribution is 0.182. The lowest BCUT2D eigenvalue weighted by Crippen LogP contribution is -2.50. The molecule has 4 heteroatoms. The maximum Gasteiger partial charge on any atom is 0.315 e. The molecule has 0 saturated heterocycles. The Morgan fingerprint density at radius 2 is 1.94 bits per heavy atom. The maximum atomic E-state index is 11.5. The van der Waals surface area contributed by atoms with E-state index in [2.05, 4.69) is 10.6 Å². The number of carbonyl (C=O) groups excluding carboxylic acids is 1. The highest BCUT2D eigenvalue weighted by atomic mass is 16.3. The van der Waals surface area contributed by atoms with Crippen molar-refractivity contribution in [2.75, 3.05) is 6.61 Å². The van der Waals surface area contributed by atoms with Gasteiger partial charge in [-0.25, -0.2) is 4.79 Å². The van der Waals surface area contributed by atoms with Crippen LogP contribution in [0.1, 0.15) is 19.4 Å². The van der Waals surface area contributed by atoms with Crippen molar-refractivity contribution in [3.8, 4) is 0 Å². The summed E-state index contributed by atoms with van der Waals surface area (Å²) in [6.45, 7) is 3.91. The minimum atomic E-state index is -0.596. The Labute approximate surface area is 95.7 Å². The number of nitrogens with one attached hydrogen (secondary N) is 2. The highest BCUT2D eigenvalue weighted by molar-refractivity contribution is 5.74. The van der Waals surface area contributed by atoms with E-state index in [1.165, 1.54) is 0 Å². The average Bonchev–Trinajstić information content (AvgIpc) is 2.27. The van der Waals surface area contributed by atoms with Gasteiger partial charge in [-0.3, -0.25) is 0 Å². The van der Waals surface area contributed by atoms with Gasteiger partial charge in [-0.1, -0.05) is 30.3 Å². The Bertz CT molecular complexity index is 336. The number of carbonyl (C=O) groups is 1. The second-order valence-electron chi connectivity index (χ2n) is 4.34. The molecule has 16 heavy (non-hydrogen) atoms. The van der Waals surface area contributed by atoms with Gasteiger partial charge in [0.2, 0.25) is 0 Å². The van der Waals surface area contributed by atoms with E-state index in [0.717, 1.165) is 5.56 Å². The first-order chi connectivity index (χ1) is 7.53. The lowest BCUT2D eigenvalue weighted by Gasteiger charge is -2.23. The Kier molecular flexibility index (Phi) is 4.31. The molecule has 0 aromatic heterocycles. The monoisotopic (exact) mass is 222 g/mol. The Morgan fingerprint density at radius 1 is 1.31 bits per heavy atom. The van der Waals surface area contributed by atoms with E-state index in [0.29, 0.717) is 6.54 Å². The van der Waals surface area contributed by atoms with Gasteiger partial charge in [0.15, 0.2) is 0 Å². The van der Waals surface area contributed by atoms with Crippen LogP contribution in [0, 0.1) is 0 Å². The molecule has 0 unspecified atom stereocenters. The fraction of sp³-hybridized carbons (Fsp3) is 0.417. The standard InChI is InChI=1S/C12H18N2O2/c1-12(2,9-15)14-11(16)13-8-10-6-4-3-5-7-10/h3-7,15H,8-9H2,1-2H3,(H2,13,14,16). The number of aliphatic hydroxyl groups is 1. The van der Waals surface area contributed by atoms with E-state index in [9.17, 15) is 4.79 Å². The summed E-state index contributed by atoms with van der Waals surface area (Å²) in [6.07, 6.45) is 0. The van der Waals surface area contributed by atoms with Gasteiger partial charge in [0.25, 0.3) is 0 Å². The van der Waals surface area contributed by atoms with Crippen LogP contribution >= 0.6 is 0 Å². The molecule has 1 rings (SSSR count). The van der Waals surface area contributed by atoms with E-state index < -0.39 is 5.54 Å². The zero-order chi connectivity index (χ0) is 12.0. The molecule has 3 N–H and O–H groups in total. The number of benzene rings is 1. The van der Waals surface area contributed by atoms with Gasteiger partial charge in [0, 0.05) is 6.54 Å². The molecule has 1 aromatic carbocycles. The van der Waals surface area contributed by atoms with Crippen LogP contribution in [0.25, 0.3) is 0 Å². The molecular formula is C12H18N2O2. The van der Waals surface area contributed by atoms with Crippen molar-refractivity contribution in [2.24, 2.45) is 0 Å². The van der Waals surface area contributed by atoms with Gasteiger partial charge in [-0.15, -0.1) is 0 Å². The van der Waals surface area contributed by atoms with E-state index in [4.69, 9.17) is 5.11 Å². The summed E-state index contributed by atoms with van der Waals surface area (Å²) in [4.78, 5) is 11.5. The highest BCUT2D eigenvalue weighted by Gasteiger charge is 2.18. The third-order valence-corrected chi connectivity index (χ3v) is 2.14. The molecule has 4 nitrogen and oxygen atoms in total. The van der Waals surface area contributed by atoms with Crippen LogP contribution in [0.3, 0.4) is 0 Å². The normalized spacial score (nSPS) is 10.9. The SMILES string of the molecule is CC(C)(CO)NC(=O)NCc1ccccc1. The second-order valence-corrected chi connectivity index (χ2v) is 4.34. The molecule has 0 aliphatic rings. The topological polar surface area (TPSA) is 61.4 Å². The van der Waals surface area contributed by atoms with E-state index >= 15 is 0 Å². The molecular weight excluding hydrogens is 204 g/mol. The van der Waals surface area contributed by atoms with Crippen LogP contribution in [0.2, 0.25) is 0 Å². The van der Waals surface area contributed by atoms with Crippen molar-refractivity contribution < 1.29 is 9.90 Å². The molecule has 0 spiro atoms. The molecule has 0 aliphatic heterocycles. The zero-order valence-corrected chi connectivity index (χ0v) is 9.66. The molecule has 0 heterocycles. The number of hydrogen-bond donors (Lipinski definition) is 3. The van der Waals surface area contributed by atoms with Crippen molar-refractivity contribution in [1.82, 2.24) is 10.6 Å². The first kappa shape index (κ1) is 12.5. The van der Waals surface area contributed by atoms with E-state index in [1.807, 2.05) is 30.3 Å². The molecule has 0 bridgehead atoms. The second kappa shape index (κ2) is 5.51. The Morgan fingerprint density at radius 3 is 2.50 bits per heavy atom. The molecule has 0 fully saturated rings. The van der Waals surface area contributed by atoms with Crippen LogP contribution in [-0.4, -0.2) is 23.3 Å². The van der Waals surface area contributed by atoms with E-state index in [-0.39, 0.29) is 12.6 Å². The van der Waals surface area contributed by atoms with Crippen LogP contribution < -0.4 is 10.6 Å². The first-order valence-corrected chi connectivity index (χ1v) is 5.24. The molecule has 88 valence electrons. The third-order valence-electron chi connectivity index (χ3n) is 2.14. The number of rotatable bonds is 4. The molecule has 1 aromatic rings. The van der Waals surface area contributed by atoms with Crippen molar-refractivity contribution in [3.63, 3.8) is 0 Å². The fourth-order valence-corrected chi connectivity index (χ4v) is 1.17. The van der Waals surface area contributed by atoms with Crippen molar-refractivity contribution in [3.05, 3.63) is 35.9 Å². The molecule has 0 saturated carbocycles. The number of hydrogen-bond acceptors (Lipinski definition) is 2. The summed E-state index contributed by atoms with van der Waals surface area (Å²) in [5, 5.41) is 14.4. The lowest BCUT2D eigenvalue weighted by atomic mass is 10.1. The predicted molar refractivity (Wildman–Crippen MR) is 63.0 cm³/mol. The van der Waals surface area contributed by atoms with E-state index in [1.54, 1.807) is 13.8 Å². The first-order valence-electron chi connectivity index (χ1n) is 5.24. The largest absolute Gasteiger partial charge is 0.394 e. The molecule has 0 aliphatic carbocycles. The summed E-state index contributed by atoms with van der Waals surface area (Å²) in [5.74, 6) is 0. The van der Waals surface area contributed by atoms with Crippen LogP contribution in [0.15, 0.2) is 30.3 Å². The zero-order valence-electron chi connectivity index (χ0n) is 9.66. The Hall–Kier alpha value is -1.55.